The molecule has 1 atom stereocenters. The van der Waals surface area contributed by atoms with Crippen LogP contribution in [0.1, 0.15) is 78.0 Å². The average molecular weight is 550 g/mol. The first-order valence-electron chi connectivity index (χ1n) is 13.0. The number of aromatic nitrogens is 1. The summed E-state index contributed by atoms with van der Waals surface area (Å²) < 4.78 is 22.8. The second-order valence-electron chi connectivity index (χ2n) is 10.1. The van der Waals surface area contributed by atoms with Gasteiger partial charge in [0.25, 0.3) is 0 Å². The second kappa shape index (κ2) is 11.7. The molecule has 0 radical (unpaired) electrons. The largest absolute Gasteiger partial charge is 0.612 e. The summed E-state index contributed by atoms with van der Waals surface area (Å²) in [4.78, 5) is 20.7. The molecule has 3 aromatic rings. The van der Waals surface area contributed by atoms with E-state index in [2.05, 4.69) is 23.2 Å². The third-order valence-corrected chi connectivity index (χ3v) is 8.80. The smallest absolute Gasteiger partial charge is 0.355 e. The molecule has 3 N–H and O–H groups in total. The number of nitrogens with zero attached hydrogens (tertiary/aromatic N) is 2. The molecule has 2 aliphatic rings. The molecule has 0 amide bonds. The molecule has 2 fully saturated rings. The number of aliphatic imine (C=N–C) groups is 1. The number of nitrogens with two attached hydrogens (primary N) is 1. The fraction of sp³-hybridized carbons (Fsp3) is 0.345. The highest BCUT2D eigenvalue weighted by Crippen LogP contribution is 2.38. The lowest BCUT2D eigenvalue weighted by Crippen LogP contribution is -2.14. The van der Waals surface area contributed by atoms with Gasteiger partial charge in [-0.2, -0.15) is 0 Å². The standard InChI is InChI=1S/C29H31N3O4S2/c30-27(22-7-3-6-21(16-22)20-4-1-2-5-20)24(14-18-10-12-23(13-11-18)38(35)36)25(15-19-8-9-19)31-29-32-26(17-37-29)28(33)34/h3,6-7,10-13,16-17,19-20,38H,1-2,4-5,8-9,14-15H2,(H3-,30,31,32,33,34,35,36). The van der Waals surface area contributed by atoms with Gasteiger partial charge in [0, 0.05) is 28.8 Å². The van der Waals surface area contributed by atoms with Gasteiger partial charge in [0.2, 0.25) is 5.13 Å². The van der Waals surface area contributed by atoms with Crippen molar-refractivity contribution in [3.8, 4) is 0 Å². The van der Waals surface area contributed by atoms with Gasteiger partial charge in [-0.05, 0) is 78.8 Å². The number of hydrogen-bond donors (Lipinski definition) is 2. The van der Waals surface area contributed by atoms with Crippen LogP contribution >= 0.6 is 11.3 Å². The number of benzene rings is 2. The Morgan fingerprint density at radius 1 is 1.13 bits per heavy atom. The number of carbonyl (C=O) groups is 1. The molecule has 1 heterocycles. The Labute approximate surface area is 228 Å². The Hall–Kier alpha value is -3.14. The van der Waals surface area contributed by atoms with E-state index in [1.54, 1.807) is 12.1 Å². The fourth-order valence-electron chi connectivity index (χ4n) is 5.05. The van der Waals surface area contributed by atoms with Crippen LogP contribution in [0.3, 0.4) is 0 Å². The predicted octanol–water partition coefficient (Wildman–Crippen LogP) is 6.17. The van der Waals surface area contributed by atoms with Crippen LogP contribution in [-0.4, -0.2) is 26.3 Å². The molecule has 38 heavy (non-hydrogen) atoms. The SMILES string of the molecule is N/C(=C(Cc1ccc([SH+](=O)[O-])cc1)\C(CC1CC1)=N\c1nc(C(=O)O)cs1)c1cccc(C2CCCC2)c1. The molecule has 0 spiro atoms. The van der Waals surface area contributed by atoms with Crippen LogP contribution in [0.2, 0.25) is 0 Å². The van der Waals surface area contributed by atoms with Gasteiger partial charge >= 0.3 is 5.97 Å². The number of rotatable bonds is 10. The molecule has 0 aliphatic heterocycles. The minimum Gasteiger partial charge on any atom is -0.612 e. The highest BCUT2D eigenvalue weighted by molar-refractivity contribution is 7.79. The normalized spacial score (nSPS) is 17.9. The maximum absolute atomic E-state index is 11.4. The van der Waals surface area contributed by atoms with E-state index in [1.165, 1.54) is 48.0 Å². The van der Waals surface area contributed by atoms with Crippen LogP contribution < -0.4 is 5.73 Å². The lowest BCUT2D eigenvalue weighted by atomic mass is 9.91. The monoisotopic (exact) mass is 549 g/mol. The molecular formula is C29H31N3O4S2. The zero-order valence-corrected chi connectivity index (χ0v) is 22.7. The molecular weight excluding hydrogens is 518 g/mol. The Morgan fingerprint density at radius 3 is 2.50 bits per heavy atom. The summed E-state index contributed by atoms with van der Waals surface area (Å²) in [6.45, 7) is 0. The second-order valence-corrected chi connectivity index (χ2v) is 12.0. The van der Waals surface area contributed by atoms with Gasteiger partial charge in [-0.1, -0.05) is 43.2 Å². The summed E-state index contributed by atoms with van der Waals surface area (Å²) in [5.74, 6) is -0.0217. The summed E-state index contributed by atoms with van der Waals surface area (Å²) in [5.41, 5.74) is 12.4. The first kappa shape index (κ1) is 26.5. The van der Waals surface area contributed by atoms with Crippen LogP contribution in [0.25, 0.3) is 5.70 Å². The molecule has 1 aromatic heterocycles. The van der Waals surface area contributed by atoms with Crippen molar-refractivity contribution in [2.45, 2.75) is 62.2 Å². The minimum absolute atomic E-state index is 0.0235. The summed E-state index contributed by atoms with van der Waals surface area (Å²) in [6.07, 6.45) is 8.32. The van der Waals surface area contributed by atoms with Crippen molar-refractivity contribution in [3.63, 3.8) is 0 Å². The summed E-state index contributed by atoms with van der Waals surface area (Å²) in [5, 5.41) is 11.2. The van der Waals surface area contributed by atoms with E-state index in [4.69, 9.17) is 10.7 Å². The number of carboxylic acid groups (broad SMARTS) is 1. The van der Waals surface area contributed by atoms with E-state index in [0.29, 0.717) is 29.1 Å². The molecule has 2 aliphatic carbocycles. The topological polar surface area (TPSA) is 129 Å². The molecule has 7 nitrogen and oxygen atoms in total. The van der Waals surface area contributed by atoms with Crippen molar-refractivity contribution < 1.29 is 18.7 Å². The third-order valence-electron chi connectivity index (χ3n) is 7.35. The van der Waals surface area contributed by atoms with Crippen molar-refractivity contribution in [2.24, 2.45) is 16.6 Å². The lowest BCUT2D eigenvalue weighted by molar-refractivity contribution is 0.0691. The molecule has 2 saturated carbocycles. The van der Waals surface area contributed by atoms with Crippen molar-refractivity contribution in [1.82, 2.24) is 4.98 Å². The number of carboxylic acids is 1. The van der Waals surface area contributed by atoms with Gasteiger partial charge in [0.15, 0.2) is 10.6 Å². The Bertz CT molecular complexity index is 1400. The number of allylic oxidation sites excluding steroid dienone is 1. The zero-order valence-electron chi connectivity index (χ0n) is 21.0. The number of thiol groups is 1. The third kappa shape index (κ3) is 6.46. The average Bonchev–Trinajstić information content (AvgIpc) is 3.35. The maximum atomic E-state index is 11.4. The molecule has 5 rings (SSSR count). The molecule has 1 unspecified atom stereocenters. The summed E-state index contributed by atoms with van der Waals surface area (Å²) in [6, 6.07) is 15.3. The van der Waals surface area contributed by atoms with Crippen molar-refractivity contribution in [3.05, 3.63) is 81.9 Å². The van der Waals surface area contributed by atoms with Gasteiger partial charge in [-0.15, -0.1) is 15.5 Å². The van der Waals surface area contributed by atoms with E-state index in [1.807, 2.05) is 18.2 Å². The minimum atomic E-state index is -2.65. The number of hydrogen-bond acceptors (Lipinski definition) is 7. The van der Waals surface area contributed by atoms with Crippen molar-refractivity contribution in [1.29, 1.82) is 0 Å². The maximum Gasteiger partial charge on any atom is 0.355 e. The van der Waals surface area contributed by atoms with Gasteiger partial charge in [0.05, 0.1) is 11.1 Å². The van der Waals surface area contributed by atoms with Crippen LogP contribution in [0.4, 0.5) is 5.13 Å². The van der Waals surface area contributed by atoms with Gasteiger partial charge in [0.1, 0.15) is 0 Å². The van der Waals surface area contributed by atoms with E-state index in [-0.39, 0.29) is 10.6 Å². The Kier molecular flexibility index (Phi) is 8.16. The quantitative estimate of drug-likeness (QED) is 0.177. The predicted molar refractivity (Wildman–Crippen MR) is 151 cm³/mol. The first-order chi connectivity index (χ1) is 18.4. The molecule has 0 saturated heterocycles. The van der Waals surface area contributed by atoms with Crippen LogP contribution in [0.15, 0.2) is 69.4 Å². The van der Waals surface area contributed by atoms with Crippen LogP contribution in [-0.2, 0) is 21.7 Å². The summed E-state index contributed by atoms with van der Waals surface area (Å²) in [7, 11) is 0. The zero-order chi connectivity index (χ0) is 26.6. The first-order valence-corrected chi connectivity index (χ1v) is 15.0. The molecule has 198 valence electrons. The lowest BCUT2D eigenvalue weighted by Gasteiger charge is -2.17. The fourth-order valence-corrected chi connectivity index (χ4v) is 6.12. The summed E-state index contributed by atoms with van der Waals surface area (Å²) >= 11 is -1.45. The van der Waals surface area contributed by atoms with Crippen LogP contribution in [0, 0.1) is 5.92 Å². The Balaban J connectivity index is 1.58. The van der Waals surface area contributed by atoms with Gasteiger partial charge in [-0.3, -0.25) is 0 Å². The highest BCUT2D eigenvalue weighted by Gasteiger charge is 2.27. The highest BCUT2D eigenvalue weighted by atomic mass is 32.2. The molecule has 9 heteroatoms. The van der Waals surface area contributed by atoms with Gasteiger partial charge in [-0.25, -0.2) is 14.8 Å². The number of thiazole rings is 1. The van der Waals surface area contributed by atoms with Crippen molar-refractivity contribution in [2.75, 3.05) is 0 Å². The van der Waals surface area contributed by atoms with E-state index in [0.717, 1.165) is 41.7 Å². The van der Waals surface area contributed by atoms with E-state index in [9.17, 15) is 18.7 Å². The Morgan fingerprint density at radius 2 is 1.87 bits per heavy atom. The van der Waals surface area contributed by atoms with E-state index >= 15 is 0 Å². The molecule has 2 aromatic carbocycles. The van der Waals surface area contributed by atoms with Crippen LogP contribution in [0.5, 0.6) is 0 Å². The molecule has 0 bridgehead atoms. The number of aromatic carboxylic acids is 1. The van der Waals surface area contributed by atoms with E-state index < -0.39 is 17.0 Å². The van der Waals surface area contributed by atoms with Gasteiger partial charge < -0.3 is 15.4 Å². The van der Waals surface area contributed by atoms with Crippen molar-refractivity contribution >= 4 is 44.9 Å².